The minimum Gasteiger partial charge on any atom is -0.454 e. The average Bonchev–Trinajstić information content (AvgIpc) is 2.62. The van der Waals surface area contributed by atoms with Crippen LogP contribution in [0.1, 0.15) is 18.1 Å². The van der Waals surface area contributed by atoms with E-state index in [0.717, 1.165) is 23.2 Å². The molecular weight excluding hydrogens is 320 g/mol. The minimum absolute atomic E-state index is 0.0398. The third-order valence-electron chi connectivity index (χ3n) is 3.63. The Hall–Kier alpha value is -2.96. The van der Waals surface area contributed by atoms with E-state index in [1.165, 1.54) is 0 Å². The monoisotopic (exact) mass is 342 g/mol. The number of anilines is 2. The summed E-state index contributed by atoms with van der Waals surface area (Å²) >= 11 is 0. The second-order valence-electron chi connectivity index (χ2n) is 5.58. The summed E-state index contributed by atoms with van der Waals surface area (Å²) in [5.74, 6) is -0.474. The predicted molar refractivity (Wildman–Crippen MR) is 95.4 cm³/mol. The molecule has 0 aliphatic rings. The van der Waals surface area contributed by atoms with Crippen LogP contribution in [0.3, 0.4) is 0 Å². The lowest BCUT2D eigenvalue weighted by atomic mass is 10.1. The molecule has 0 aliphatic carbocycles. The van der Waals surface area contributed by atoms with Crippen LogP contribution in [0.25, 0.3) is 0 Å². The zero-order valence-corrected chi connectivity index (χ0v) is 14.7. The molecule has 1 heterocycles. The van der Waals surface area contributed by atoms with Crippen molar-refractivity contribution in [3.05, 3.63) is 47.8 Å². The van der Waals surface area contributed by atoms with Crippen LogP contribution in [0.2, 0.25) is 0 Å². The zero-order chi connectivity index (χ0) is 18.2. The maximum Gasteiger partial charge on any atom is 0.326 e. The molecule has 2 aromatic rings. The molecule has 0 bridgehead atoms. The third kappa shape index (κ3) is 5.27. The largest absolute Gasteiger partial charge is 0.454 e. The molecule has 0 spiro atoms. The molecule has 0 radical (unpaired) electrons. The standard InChI is InChI=1S/C18H22N4O3/c1-4-14-8-5-7-13(2)17(14)21-15(23)12-25-16(24)11-22(3)18-19-9-6-10-20-18/h5-10H,4,11-12H2,1-3H3,(H,21,23). The number of hydrogen-bond donors (Lipinski definition) is 1. The van der Waals surface area contributed by atoms with E-state index >= 15 is 0 Å². The van der Waals surface area contributed by atoms with Crippen LogP contribution in [0.15, 0.2) is 36.7 Å². The highest BCUT2D eigenvalue weighted by atomic mass is 16.5. The van der Waals surface area contributed by atoms with E-state index in [1.807, 2.05) is 32.0 Å². The van der Waals surface area contributed by atoms with Gasteiger partial charge in [0.15, 0.2) is 6.61 Å². The van der Waals surface area contributed by atoms with Crippen molar-refractivity contribution in [3.8, 4) is 0 Å². The number of carbonyl (C=O) groups is 2. The molecule has 1 N–H and O–H groups in total. The molecule has 132 valence electrons. The van der Waals surface area contributed by atoms with Crippen molar-refractivity contribution >= 4 is 23.5 Å². The summed E-state index contributed by atoms with van der Waals surface area (Å²) in [4.78, 5) is 33.6. The number of likely N-dealkylation sites (N-methyl/N-ethyl adjacent to an activating group) is 1. The van der Waals surface area contributed by atoms with Crippen LogP contribution in [0.5, 0.6) is 0 Å². The summed E-state index contributed by atoms with van der Waals surface area (Å²) in [6.07, 6.45) is 3.98. The van der Waals surface area contributed by atoms with Crippen molar-refractivity contribution in [2.24, 2.45) is 0 Å². The maximum atomic E-state index is 12.1. The molecule has 25 heavy (non-hydrogen) atoms. The Morgan fingerprint density at radius 1 is 1.20 bits per heavy atom. The molecule has 0 saturated carbocycles. The van der Waals surface area contributed by atoms with Crippen LogP contribution in [0, 0.1) is 6.92 Å². The Kier molecular flexibility index (Phi) is 6.45. The smallest absolute Gasteiger partial charge is 0.326 e. The Morgan fingerprint density at radius 2 is 1.92 bits per heavy atom. The van der Waals surface area contributed by atoms with Gasteiger partial charge in [0.25, 0.3) is 5.91 Å². The van der Waals surface area contributed by atoms with Crippen LogP contribution in [-0.4, -0.2) is 42.0 Å². The molecule has 0 unspecified atom stereocenters. The van der Waals surface area contributed by atoms with Gasteiger partial charge < -0.3 is 15.0 Å². The number of esters is 1. The van der Waals surface area contributed by atoms with E-state index < -0.39 is 5.97 Å². The molecule has 0 fully saturated rings. The van der Waals surface area contributed by atoms with E-state index in [0.29, 0.717) is 5.95 Å². The highest BCUT2D eigenvalue weighted by Crippen LogP contribution is 2.20. The number of hydrogen-bond acceptors (Lipinski definition) is 6. The number of aromatic nitrogens is 2. The predicted octanol–water partition coefficient (Wildman–Crippen LogP) is 1.97. The Labute approximate surface area is 147 Å². The van der Waals surface area contributed by atoms with Crippen molar-refractivity contribution in [2.75, 3.05) is 30.4 Å². The summed E-state index contributed by atoms with van der Waals surface area (Å²) in [7, 11) is 1.68. The van der Waals surface area contributed by atoms with Crippen molar-refractivity contribution in [1.29, 1.82) is 0 Å². The van der Waals surface area contributed by atoms with Crippen LogP contribution in [0.4, 0.5) is 11.6 Å². The van der Waals surface area contributed by atoms with Gasteiger partial charge in [0.1, 0.15) is 6.54 Å². The van der Waals surface area contributed by atoms with E-state index in [1.54, 1.807) is 30.4 Å². The second-order valence-corrected chi connectivity index (χ2v) is 5.58. The first-order valence-corrected chi connectivity index (χ1v) is 8.03. The van der Waals surface area contributed by atoms with Gasteiger partial charge in [0.2, 0.25) is 5.95 Å². The average molecular weight is 342 g/mol. The van der Waals surface area contributed by atoms with Gasteiger partial charge in [-0.05, 0) is 30.5 Å². The normalized spacial score (nSPS) is 10.2. The van der Waals surface area contributed by atoms with Gasteiger partial charge in [0.05, 0.1) is 0 Å². The number of ether oxygens (including phenoxy) is 1. The molecule has 0 saturated heterocycles. The highest BCUT2D eigenvalue weighted by Gasteiger charge is 2.14. The first-order valence-electron chi connectivity index (χ1n) is 8.03. The quantitative estimate of drug-likeness (QED) is 0.775. The van der Waals surface area contributed by atoms with Crippen LogP contribution < -0.4 is 10.2 Å². The molecule has 1 aromatic carbocycles. The zero-order valence-electron chi connectivity index (χ0n) is 14.7. The Bertz CT molecular complexity index is 734. The SMILES string of the molecule is CCc1cccc(C)c1NC(=O)COC(=O)CN(C)c1ncccn1. The molecule has 0 aliphatic heterocycles. The number of aryl methyl sites for hydroxylation is 2. The van der Waals surface area contributed by atoms with Gasteiger partial charge in [-0.15, -0.1) is 0 Å². The topological polar surface area (TPSA) is 84.4 Å². The van der Waals surface area contributed by atoms with Gasteiger partial charge >= 0.3 is 5.97 Å². The number of nitrogens with one attached hydrogen (secondary N) is 1. The molecule has 7 nitrogen and oxygen atoms in total. The van der Waals surface area contributed by atoms with Gasteiger partial charge in [-0.1, -0.05) is 25.1 Å². The third-order valence-corrected chi connectivity index (χ3v) is 3.63. The fourth-order valence-electron chi connectivity index (χ4n) is 2.32. The first-order chi connectivity index (χ1) is 12.0. The number of rotatable bonds is 7. The summed E-state index contributed by atoms with van der Waals surface area (Å²) in [5.41, 5.74) is 2.79. The molecule has 1 aromatic heterocycles. The van der Waals surface area contributed by atoms with E-state index in [4.69, 9.17) is 4.74 Å². The fraction of sp³-hybridized carbons (Fsp3) is 0.333. The molecule has 2 rings (SSSR count). The van der Waals surface area contributed by atoms with E-state index in [-0.39, 0.29) is 19.1 Å². The van der Waals surface area contributed by atoms with Crippen LogP contribution in [-0.2, 0) is 20.7 Å². The van der Waals surface area contributed by atoms with Crippen molar-refractivity contribution in [2.45, 2.75) is 20.3 Å². The van der Waals surface area contributed by atoms with Gasteiger partial charge in [-0.2, -0.15) is 0 Å². The first kappa shape index (κ1) is 18.4. The Balaban J connectivity index is 1.85. The lowest BCUT2D eigenvalue weighted by Crippen LogP contribution is -2.30. The lowest BCUT2D eigenvalue weighted by Gasteiger charge is -2.16. The number of carbonyl (C=O) groups excluding carboxylic acids is 2. The Morgan fingerprint density at radius 3 is 2.60 bits per heavy atom. The number of amides is 1. The van der Waals surface area contributed by atoms with E-state index in [2.05, 4.69) is 15.3 Å². The van der Waals surface area contributed by atoms with Crippen molar-refractivity contribution < 1.29 is 14.3 Å². The number of nitrogens with zero attached hydrogens (tertiary/aromatic N) is 3. The summed E-state index contributed by atoms with van der Waals surface area (Å²) in [5, 5.41) is 2.82. The van der Waals surface area contributed by atoms with Gasteiger partial charge in [0, 0.05) is 25.1 Å². The fourth-order valence-corrected chi connectivity index (χ4v) is 2.32. The minimum atomic E-state index is -0.523. The molecule has 0 atom stereocenters. The molecule has 7 heteroatoms. The summed E-state index contributed by atoms with van der Waals surface area (Å²) < 4.78 is 5.03. The number of para-hydroxylation sites is 1. The van der Waals surface area contributed by atoms with E-state index in [9.17, 15) is 9.59 Å². The highest BCUT2D eigenvalue weighted by molar-refractivity contribution is 5.94. The maximum absolute atomic E-state index is 12.1. The summed E-state index contributed by atoms with van der Waals surface area (Å²) in [6, 6.07) is 7.53. The van der Waals surface area contributed by atoms with Gasteiger partial charge in [-0.25, -0.2) is 9.97 Å². The van der Waals surface area contributed by atoms with Crippen LogP contribution >= 0.6 is 0 Å². The van der Waals surface area contributed by atoms with Crippen molar-refractivity contribution in [1.82, 2.24) is 9.97 Å². The van der Waals surface area contributed by atoms with Crippen molar-refractivity contribution in [3.63, 3.8) is 0 Å². The van der Waals surface area contributed by atoms with Gasteiger partial charge in [-0.3, -0.25) is 9.59 Å². The summed E-state index contributed by atoms with van der Waals surface area (Å²) in [6.45, 7) is 3.57. The second kappa shape index (κ2) is 8.77. The number of benzene rings is 1. The lowest BCUT2D eigenvalue weighted by molar-refractivity contribution is -0.145. The molecule has 1 amide bonds. The molecular formula is C18H22N4O3.